The summed E-state index contributed by atoms with van der Waals surface area (Å²) < 4.78 is 35.6. The molecule has 1 amide bonds. The molecule has 0 aliphatic rings. The van der Waals surface area contributed by atoms with Gasteiger partial charge in [0.1, 0.15) is 12.4 Å². The number of rotatable bonds is 11. The summed E-state index contributed by atoms with van der Waals surface area (Å²) in [5, 5.41) is 4.03. The van der Waals surface area contributed by atoms with Gasteiger partial charge in [-0.15, -0.1) is 0 Å². The average molecular weight is 635 g/mol. The minimum atomic E-state index is -3.85. The molecule has 1 atom stereocenters. The lowest BCUT2D eigenvalue weighted by atomic mass is 10.0. The third-order valence-corrected chi connectivity index (χ3v) is 7.65. The molecule has 0 unspecified atom stereocenters. The van der Waals surface area contributed by atoms with Gasteiger partial charge >= 0.3 is 0 Å². The molecule has 0 aliphatic heterocycles. The molecule has 0 heterocycles. The maximum absolute atomic E-state index is 13.0. The van der Waals surface area contributed by atoms with Crippen molar-refractivity contribution >= 4 is 54.0 Å². The van der Waals surface area contributed by atoms with E-state index in [-0.39, 0.29) is 11.3 Å². The Morgan fingerprint density at radius 3 is 2.33 bits per heavy atom. The average Bonchev–Trinajstić information content (AvgIpc) is 2.84. The van der Waals surface area contributed by atoms with Gasteiger partial charge in [-0.1, -0.05) is 60.7 Å². The van der Waals surface area contributed by atoms with Crippen LogP contribution < -0.4 is 14.9 Å². The molecule has 7 nitrogen and oxygen atoms in total. The smallest absolute Gasteiger partial charge is 0.242 e. The monoisotopic (exact) mass is 633 g/mol. The second-order valence-electron chi connectivity index (χ2n) is 7.81. The van der Waals surface area contributed by atoms with Crippen LogP contribution in [0.4, 0.5) is 0 Å². The van der Waals surface area contributed by atoms with Crippen molar-refractivity contribution in [1.29, 1.82) is 0 Å². The van der Waals surface area contributed by atoms with E-state index < -0.39 is 22.0 Å². The Labute approximate surface area is 228 Å². The number of hydrogen-bond donors (Lipinski definition) is 2. The van der Waals surface area contributed by atoms with Crippen LogP contribution >= 0.6 is 31.9 Å². The summed E-state index contributed by atoms with van der Waals surface area (Å²) in [5.74, 6) is 0.179. The molecule has 2 N–H and O–H groups in total. The summed E-state index contributed by atoms with van der Waals surface area (Å²) >= 11 is 6.91. The molecular weight excluding hydrogens is 610 g/mol. The maximum atomic E-state index is 13.0. The highest BCUT2D eigenvalue weighted by Crippen LogP contribution is 2.34. The lowest BCUT2D eigenvalue weighted by molar-refractivity contribution is -0.121. The second kappa shape index (κ2) is 13.0. The van der Waals surface area contributed by atoms with Crippen molar-refractivity contribution in [2.75, 3.05) is 6.61 Å². The van der Waals surface area contributed by atoms with Gasteiger partial charge in [0.25, 0.3) is 0 Å². The van der Waals surface area contributed by atoms with Gasteiger partial charge < -0.3 is 4.74 Å². The van der Waals surface area contributed by atoms with Gasteiger partial charge in [0, 0.05) is 6.42 Å². The molecule has 3 aromatic rings. The standard InChI is InChI=1S/C26H25Br2N3O4S/c1-3-13-35-26-22(27)14-19(15-23(26)28)17-29-30-25(32)16-24(20-7-5-4-6-8-20)31-36(33,34)21-11-9-18(2)10-12-21/h3-12,14-15,17,24,31H,1,13,16H2,2H3,(H,30,32)/b29-17-/t24-/m1/s1. The van der Waals surface area contributed by atoms with Crippen molar-refractivity contribution in [3.8, 4) is 5.75 Å². The summed E-state index contributed by atoms with van der Waals surface area (Å²) in [6.07, 6.45) is 2.99. The molecule has 10 heteroatoms. The molecule has 0 saturated carbocycles. The van der Waals surface area contributed by atoms with Crippen LogP contribution in [0.25, 0.3) is 0 Å². The van der Waals surface area contributed by atoms with Crippen LogP contribution in [0.5, 0.6) is 5.75 Å². The van der Waals surface area contributed by atoms with Crippen molar-refractivity contribution in [2.24, 2.45) is 5.10 Å². The summed E-state index contributed by atoms with van der Waals surface area (Å²) in [6, 6.07) is 18.3. The number of nitrogens with one attached hydrogen (secondary N) is 2. The first-order valence-electron chi connectivity index (χ1n) is 10.9. The van der Waals surface area contributed by atoms with Crippen LogP contribution in [0.1, 0.15) is 29.2 Å². The van der Waals surface area contributed by atoms with Gasteiger partial charge in [-0.05, 0) is 74.2 Å². The topological polar surface area (TPSA) is 96.9 Å². The van der Waals surface area contributed by atoms with Gasteiger partial charge in [-0.2, -0.15) is 5.10 Å². The van der Waals surface area contributed by atoms with Crippen LogP contribution in [-0.2, 0) is 14.8 Å². The first-order chi connectivity index (χ1) is 17.2. The number of hydrazone groups is 1. The van der Waals surface area contributed by atoms with Crippen LogP contribution in [0.15, 0.2) is 98.3 Å². The Morgan fingerprint density at radius 1 is 1.08 bits per heavy atom. The maximum Gasteiger partial charge on any atom is 0.242 e. The van der Waals surface area contributed by atoms with E-state index in [1.54, 1.807) is 54.6 Å². The highest BCUT2D eigenvalue weighted by molar-refractivity contribution is 9.11. The number of halogens is 2. The zero-order valence-electron chi connectivity index (χ0n) is 19.4. The number of hydrogen-bond acceptors (Lipinski definition) is 5. The SMILES string of the molecule is C=CCOc1c(Br)cc(/C=N\NC(=O)C[C@@H](NS(=O)(=O)c2ccc(C)cc2)c2ccccc2)cc1Br. The van der Waals surface area contributed by atoms with Gasteiger partial charge in [-0.3, -0.25) is 4.79 Å². The van der Waals surface area contributed by atoms with Gasteiger partial charge in [0.05, 0.1) is 26.1 Å². The number of amides is 1. The summed E-state index contributed by atoms with van der Waals surface area (Å²) in [4.78, 5) is 12.8. The highest BCUT2D eigenvalue weighted by Gasteiger charge is 2.23. The number of ether oxygens (including phenoxy) is 1. The number of aryl methyl sites for hydroxylation is 1. The predicted octanol–water partition coefficient (Wildman–Crippen LogP) is 5.64. The van der Waals surface area contributed by atoms with E-state index in [2.05, 4.69) is 53.7 Å². The number of carbonyl (C=O) groups is 1. The summed E-state index contributed by atoms with van der Waals surface area (Å²) in [6.45, 7) is 5.87. The third-order valence-electron chi connectivity index (χ3n) is 4.99. The molecule has 3 rings (SSSR count). The second-order valence-corrected chi connectivity index (χ2v) is 11.2. The van der Waals surface area contributed by atoms with Crippen molar-refractivity contribution in [3.05, 3.63) is 105 Å². The van der Waals surface area contributed by atoms with E-state index >= 15 is 0 Å². The van der Waals surface area contributed by atoms with Crippen LogP contribution in [0.2, 0.25) is 0 Å². The first-order valence-corrected chi connectivity index (χ1v) is 13.9. The van der Waals surface area contributed by atoms with Crippen LogP contribution in [-0.4, -0.2) is 27.1 Å². The molecule has 0 aromatic heterocycles. The number of carbonyl (C=O) groups excluding carboxylic acids is 1. The van der Waals surface area contributed by atoms with Crippen LogP contribution in [0.3, 0.4) is 0 Å². The Kier molecular flexibility index (Phi) is 10.0. The quantitative estimate of drug-likeness (QED) is 0.162. The molecule has 0 saturated heterocycles. The van der Waals surface area contributed by atoms with Crippen LogP contribution in [0, 0.1) is 6.92 Å². The van der Waals surface area contributed by atoms with Crippen molar-refractivity contribution < 1.29 is 17.9 Å². The van der Waals surface area contributed by atoms with E-state index in [9.17, 15) is 13.2 Å². The van der Waals surface area contributed by atoms with E-state index in [0.29, 0.717) is 32.4 Å². The molecule has 0 fully saturated rings. The normalized spacial score (nSPS) is 12.3. The minimum absolute atomic E-state index is 0.129. The molecule has 0 bridgehead atoms. The molecule has 3 aromatic carbocycles. The predicted molar refractivity (Wildman–Crippen MR) is 149 cm³/mol. The van der Waals surface area contributed by atoms with E-state index in [1.165, 1.54) is 18.3 Å². The molecule has 0 spiro atoms. The fourth-order valence-electron chi connectivity index (χ4n) is 3.23. The Bertz CT molecular complexity index is 1320. The van der Waals surface area contributed by atoms with E-state index in [4.69, 9.17) is 4.74 Å². The van der Waals surface area contributed by atoms with Gasteiger partial charge in [0.15, 0.2) is 0 Å². The minimum Gasteiger partial charge on any atom is -0.487 e. The first kappa shape index (κ1) is 27.8. The van der Waals surface area contributed by atoms with Crippen molar-refractivity contribution in [1.82, 2.24) is 10.1 Å². The number of benzene rings is 3. The fraction of sp³-hybridized carbons (Fsp3) is 0.154. The fourth-order valence-corrected chi connectivity index (χ4v) is 5.90. The number of nitrogens with zero attached hydrogens (tertiary/aromatic N) is 1. The molecular formula is C26H25Br2N3O4S. The summed E-state index contributed by atoms with van der Waals surface area (Å²) in [5.41, 5.74) is 4.79. The highest BCUT2D eigenvalue weighted by atomic mass is 79.9. The van der Waals surface area contributed by atoms with Crippen molar-refractivity contribution in [3.63, 3.8) is 0 Å². The van der Waals surface area contributed by atoms with E-state index in [1.807, 2.05) is 13.0 Å². The Balaban J connectivity index is 1.71. The Hall–Kier alpha value is -2.79. The summed E-state index contributed by atoms with van der Waals surface area (Å²) in [7, 11) is -3.85. The molecule has 188 valence electrons. The Morgan fingerprint density at radius 2 is 1.72 bits per heavy atom. The molecule has 36 heavy (non-hydrogen) atoms. The van der Waals surface area contributed by atoms with E-state index in [0.717, 1.165) is 5.56 Å². The molecule has 0 radical (unpaired) electrons. The zero-order chi connectivity index (χ0) is 26.1. The lowest BCUT2D eigenvalue weighted by Crippen LogP contribution is -2.32. The largest absolute Gasteiger partial charge is 0.487 e. The van der Waals surface area contributed by atoms with Gasteiger partial charge in [-0.25, -0.2) is 18.6 Å². The van der Waals surface area contributed by atoms with Crippen molar-refractivity contribution in [2.45, 2.75) is 24.3 Å². The number of sulfonamides is 1. The lowest BCUT2D eigenvalue weighted by Gasteiger charge is -2.18. The molecule has 0 aliphatic carbocycles. The zero-order valence-corrected chi connectivity index (χ0v) is 23.4. The van der Waals surface area contributed by atoms with Gasteiger partial charge in [0.2, 0.25) is 15.9 Å². The third kappa shape index (κ3) is 7.86.